The third kappa shape index (κ3) is 1.99. The number of carbonyl (C=O) groups excluding carboxylic acids is 1. The van der Waals surface area contributed by atoms with Crippen molar-refractivity contribution >= 4 is 5.78 Å². The summed E-state index contributed by atoms with van der Waals surface area (Å²) in [7, 11) is 0. The van der Waals surface area contributed by atoms with Gasteiger partial charge in [0, 0.05) is 17.4 Å². The molecule has 0 fully saturated rings. The summed E-state index contributed by atoms with van der Waals surface area (Å²) in [5, 5.41) is 0. The second-order valence-electron chi connectivity index (χ2n) is 4.34. The molecule has 0 aromatic heterocycles. The Hall–Kier alpha value is -1.63. The molecule has 2 rings (SSSR count). The first-order chi connectivity index (χ1) is 7.70. The first kappa shape index (κ1) is 10.9. The Morgan fingerprint density at radius 3 is 2.50 bits per heavy atom. The van der Waals surface area contributed by atoms with Crippen molar-refractivity contribution in [2.24, 2.45) is 11.8 Å². The molecule has 0 saturated heterocycles. The number of Topliss-reactive ketones (excluding diaryl/α,β-unsaturated/α-hetero) is 1. The van der Waals surface area contributed by atoms with E-state index in [0.717, 1.165) is 5.56 Å². The number of hydrogen-bond donors (Lipinski definition) is 0. The molecule has 0 aliphatic heterocycles. The topological polar surface area (TPSA) is 17.1 Å². The van der Waals surface area contributed by atoms with Crippen molar-refractivity contribution in [1.82, 2.24) is 0 Å². The third-order valence-electron chi connectivity index (χ3n) is 3.21. The van der Waals surface area contributed by atoms with Gasteiger partial charge in [-0.3, -0.25) is 4.79 Å². The zero-order valence-corrected chi connectivity index (χ0v) is 9.68. The standard InChI is InChI=1S/C15H16O/c1-11-7-6-10-14(11)12(2)15(16)13-8-4-3-5-9-13/h3-10,12,14H,1-2H3. The second-order valence-corrected chi connectivity index (χ2v) is 4.34. The molecule has 1 aromatic rings. The summed E-state index contributed by atoms with van der Waals surface area (Å²) in [5.41, 5.74) is 2.08. The lowest BCUT2D eigenvalue weighted by Crippen LogP contribution is -2.19. The van der Waals surface area contributed by atoms with Gasteiger partial charge in [0.25, 0.3) is 0 Å². The van der Waals surface area contributed by atoms with E-state index in [4.69, 9.17) is 0 Å². The van der Waals surface area contributed by atoms with Gasteiger partial charge in [0.15, 0.2) is 5.78 Å². The van der Waals surface area contributed by atoms with E-state index in [0.29, 0.717) is 0 Å². The van der Waals surface area contributed by atoms with Crippen LogP contribution in [-0.2, 0) is 0 Å². The fourth-order valence-corrected chi connectivity index (χ4v) is 2.18. The van der Waals surface area contributed by atoms with Crippen molar-refractivity contribution in [3.63, 3.8) is 0 Å². The zero-order chi connectivity index (χ0) is 11.5. The van der Waals surface area contributed by atoms with Crippen LogP contribution in [0.15, 0.2) is 54.1 Å². The van der Waals surface area contributed by atoms with Gasteiger partial charge in [-0.25, -0.2) is 0 Å². The Bertz CT molecular complexity index is 440. The molecule has 2 unspecified atom stereocenters. The van der Waals surface area contributed by atoms with Crippen LogP contribution < -0.4 is 0 Å². The Labute approximate surface area is 96.5 Å². The number of ketones is 1. The zero-order valence-electron chi connectivity index (χ0n) is 9.68. The summed E-state index contributed by atoms with van der Waals surface area (Å²) < 4.78 is 0. The Morgan fingerprint density at radius 1 is 1.25 bits per heavy atom. The maximum absolute atomic E-state index is 12.2. The van der Waals surface area contributed by atoms with Gasteiger partial charge in [-0.1, -0.05) is 61.1 Å². The van der Waals surface area contributed by atoms with Crippen molar-refractivity contribution < 1.29 is 4.79 Å². The second kappa shape index (κ2) is 4.48. The molecule has 0 radical (unpaired) electrons. The molecule has 0 bridgehead atoms. The summed E-state index contributed by atoms with van der Waals surface area (Å²) >= 11 is 0. The fourth-order valence-electron chi connectivity index (χ4n) is 2.18. The highest BCUT2D eigenvalue weighted by molar-refractivity contribution is 5.98. The Kier molecular flexibility index (Phi) is 3.04. The van der Waals surface area contributed by atoms with E-state index in [2.05, 4.69) is 19.1 Å². The number of rotatable bonds is 3. The van der Waals surface area contributed by atoms with Gasteiger partial charge in [0.2, 0.25) is 0 Å². The average Bonchev–Trinajstić information content (AvgIpc) is 2.75. The molecule has 1 aliphatic rings. The van der Waals surface area contributed by atoms with Crippen LogP contribution in [0.25, 0.3) is 0 Å². The molecule has 0 saturated carbocycles. The lowest BCUT2D eigenvalue weighted by atomic mass is 9.84. The van der Waals surface area contributed by atoms with E-state index >= 15 is 0 Å². The molecule has 1 aliphatic carbocycles. The predicted octanol–water partition coefficient (Wildman–Crippen LogP) is 3.64. The Morgan fingerprint density at radius 2 is 1.94 bits per heavy atom. The van der Waals surface area contributed by atoms with Gasteiger partial charge in [0.05, 0.1) is 0 Å². The predicted molar refractivity (Wildman–Crippen MR) is 66.3 cm³/mol. The fraction of sp³-hybridized carbons (Fsp3) is 0.267. The van der Waals surface area contributed by atoms with E-state index in [1.807, 2.05) is 43.3 Å². The molecule has 1 aromatic carbocycles. The quantitative estimate of drug-likeness (QED) is 0.699. The van der Waals surface area contributed by atoms with E-state index in [9.17, 15) is 4.79 Å². The molecule has 1 nitrogen and oxygen atoms in total. The molecular formula is C15H16O. The molecule has 0 spiro atoms. The van der Waals surface area contributed by atoms with Crippen LogP contribution >= 0.6 is 0 Å². The van der Waals surface area contributed by atoms with Crippen LogP contribution in [0.4, 0.5) is 0 Å². The monoisotopic (exact) mass is 212 g/mol. The highest BCUT2D eigenvalue weighted by atomic mass is 16.1. The van der Waals surface area contributed by atoms with Gasteiger partial charge in [-0.2, -0.15) is 0 Å². The van der Waals surface area contributed by atoms with Gasteiger partial charge in [-0.15, -0.1) is 0 Å². The molecule has 82 valence electrons. The van der Waals surface area contributed by atoms with Crippen molar-refractivity contribution in [3.05, 3.63) is 59.7 Å². The van der Waals surface area contributed by atoms with Crippen LogP contribution in [0.5, 0.6) is 0 Å². The summed E-state index contributed by atoms with van der Waals surface area (Å²) in [6, 6.07) is 9.52. The molecular weight excluding hydrogens is 196 g/mol. The van der Waals surface area contributed by atoms with Crippen molar-refractivity contribution in [2.45, 2.75) is 13.8 Å². The minimum Gasteiger partial charge on any atom is -0.294 e. The summed E-state index contributed by atoms with van der Waals surface area (Å²) in [4.78, 5) is 12.2. The van der Waals surface area contributed by atoms with Gasteiger partial charge < -0.3 is 0 Å². The van der Waals surface area contributed by atoms with Crippen LogP contribution in [0.2, 0.25) is 0 Å². The summed E-state index contributed by atoms with van der Waals surface area (Å²) in [6.45, 7) is 4.09. The number of benzene rings is 1. The third-order valence-corrected chi connectivity index (χ3v) is 3.21. The van der Waals surface area contributed by atoms with Gasteiger partial charge >= 0.3 is 0 Å². The van der Waals surface area contributed by atoms with E-state index in [1.54, 1.807) is 0 Å². The molecule has 0 amide bonds. The minimum atomic E-state index is 0.0254. The van der Waals surface area contributed by atoms with Crippen molar-refractivity contribution in [3.8, 4) is 0 Å². The lowest BCUT2D eigenvalue weighted by molar-refractivity contribution is 0.0912. The van der Waals surface area contributed by atoms with Gasteiger partial charge in [-0.05, 0) is 6.92 Å². The normalized spacial score (nSPS) is 20.6. The molecule has 2 atom stereocenters. The van der Waals surface area contributed by atoms with E-state index in [1.165, 1.54) is 5.57 Å². The molecule has 16 heavy (non-hydrogen) atoms. The first-order valence-corrected chi connectivity index (χ1v) is 5.64. The van der Waals surface area contributed by atoms with Crippen molar-refractivity contribution in [2.75, 3.05) is 0 Å². The van der Waals surface area contributed by atoms with Gasteiger partial charge in [0.1, 0.15) is 0 Å². The van der Waals surface area contributed by atoms with Crippen LogP contribution in [0, 0.1) is 11.8 Å². The summed E-state index contributed by atoms with van der Waals surface area (Å²) in [6.07, 6.45) is 6.23. The highest BCUT2D eigenvalue weighted by Gasteiger charge is 2.25. The first-order valence-electron chi connectivity index (χ1n) is 5.64. The number of carbonyl (C=O) groups is 1. The smallest absolute Gasteiger partial charge is 0.166 e. The minimum absolute atomic E-state index is 0.0254. The van der Waals surface area contributed by atoms with E-state index < -0.39 is 0 Å². The average molecular weight is 212 g/mol. The number of hydrogen-bond acceptors (Lipinski definition) is 1. The largest absolute Gasteiger partial charge is 0.294 e. The molecule has 1 heteroatoms. The SMILES string of the molecule is CC1=CC=CC1C(C)C(=O)c1ccccc1. The lowest BCUT2D eigenvalue weighted by Gasteiger charge is -2.18. The van der Waals surface area contributed by atoms with Crippen LogP contribution in [0.3, 0.4) is 0 Å². The number of allylic oxidation sites excluding steroid dienone is 4. The summed E-state index contributed by atoms with van der Waals surface area (Å²) in [5.74, 6) is 0.523. The molecule has 0 heterocycles. The maximum atomic E-state index is 12.2. The maximum Gasteiger partial charge on any atom is 0.166 e. The Balaban J connectivity index is 2.17. The van der Waals surface area contributed by atoms with Crippen molar-refractivity contribution in [1.29, 1.82) is 0 Å². The molecule has 0 N–H and O–H groups in total. The highest BCUT2D eigenvalue weighted by Crippen LogP contribution is 2.28. The van der Waals surface area contributed by atoms with Crippen LogP contribution in [-0.4, -0.2) is 5.78 Å². The van der Waals surface area contributed by atoms with E-state index in [-0.39, 0.29) is 17.6 Å². The van der Waals surface area contributed by atoms with Crippen LogP contribution in [0.1, 0.15) is 24.2 Å².